The molecule has 1 saturated heterocycles. The molecule has 128 valence electrons. The molecule has 7 nitrogen and oxygen atoms in total. The molecule has 1 aliphatic heterocycles. The Bertz CT molecular complexity index is 523. The first-order valence-corrected chi connectivity index (χ1v) is 7.88. The molecule has 1 aromatic rings. The fraction of sp³-hybridized carbons (Fsp3) is 0.667. The summed E-state index contributed by atoms with van der Waals surface area (Å²) in [5, 5.41) is 8.64. The SMILES string of the molecule is CCCCC(C(=O)N1CCCC1c1ncco1)C(F)C(=O)NO. The molecule has 0 aromatic carbocycles. The molecule has 1 aliphatic rings. The molecule has 0 aliphatic carbocycles. The van der Waals surface area contributed by atoms with E-state index < -0.39 is 23.9 Å². The molecule has 1 aromatic heterocycles. The minimum atomic E-state index is -2.08. The summed E-state index contributed by atoms with van der Waals surface area (Å²) >= 11 is 0. The number of oxazole rings is 1. The largest absolute Gasteiger partial charge is 0.447 e. The number of hydroxylamine groups is 1. The van der Waals surface area contributed by atoms with Gasteiger partial charge in [0.25, 0.3) is 5.91 Å². The summed E-state index contributed by atoms with van der Waals surface area (Å²) < 4.78 is 19.6. The lowest BCUT2D eigenvalue weighted by Gasteiger charge is -2.28. The highest BCUT2D eigenvalue weighted by atomic mass is 19.1. The third kappa shape index (κ3) is 3.87. The average molecular weight is 327 g/mol. The molecule has 2 heterocycles. The monoisotopic (exact) mass is 327 g/mol. The molecular weight excluding hydrogens is 305 g/mol. The van der Waals surface area contributed by atoms with Crippen molar-refractivity contribution in [1.82, 2.24) is 15.4 Å². The van der Waals surface area contributed by atoms with Crippen molar-refractivity contribution in [2.24, 2.45) is 5.92 Å². The van der Waals surface area contributed by atoms with E-state index in [1.165, 1.54) is 22.8 Å². The zero-order chi connectivity index (χ0) is 16.8. The van der Waals surface area contributed by atoms with Crippen molar-refractivity contribution in [1.29, 1.82) is 0 Å². The van der Waals surface area contributed by atoms with Crippen LogP contribution in [0, 0.1) is 5.92 Å². The Morgan fingerprint density at radius 2 is 2.39 bits per heavy atom. The molecule has 3 atom stereocenters. The lowest BCUT2D eigenvalue weighted by atomic mass is 9.94. The molecule has 2 amide bonds. The van der Waals surface area contributed by atoms with E-state index in [4.69, 9.17) is 9.62 Å². The standard InChI is InChI=1S/C15H22FN3O4/c1-2-3-5-10(12(16)13(20)18-22)15(21)19-8-4-6-11(19)14-17-7-9-23-14/h7,9-12,22H,2-6,8H2,1H3,(H,18,20). The number of likely N-dealkylation sites (tertiary alicyclic amines) is 1. The van der Waals surface area contributed by atoms with Gasteiger partial charge in [-0.3, -0.25) is 14.8 Å². The summed E-state index contributed by atoms with van der Waals surface area (Å²) in [4.78, 5) is 29.8. The quantitative estimate of drug-likeness (QED) is 0.590. The predicted octanol–water partition coefficient (Wildman–Crippen LogP) is 1.99. The summed E-state index contributed by atoms with van der Waals surface area (Å²) in [6.45, 7) is 2.40. The molecule has 3 unspecified atom stereocenters. The Morgan fingerprint density at radius 1 is 1.61 bits per heavy atom. The first-order valence-electron chi connectivity index (χ1n) is 7.88. The van der Waals surface area contributed by atoms with Crippen LogP contribution >= 0.6 is 0 Å². The van der Waals surface area contributed by atoms with E-state index in [1.807, 2.05) is 6.92 Å². The van der Waals surface area contributed by atoms with Crippen molar-refractivity contribution in [3.05, 3.63) is 18.4 Å². The van der Waals surface area contributed by atoms with E-state index >= 15 is 0 Å². The van der Waals surface area contributed by atoms with Crippen LogP contribution in [0.4, 0.5) is 4.39 Å². The van der Waals surface area contributed by atoms with Gasteiger partial charge >= 0.3 is 0 Å². The van der Waals surface area contributed by atoms with Crippen molar-refractivity contribution in [2.75, 3.05) is 6.54 Å². The van der Waals surface area contributed by atoms with E-state index in [0.717, 1.165) is 12.8 Å². The van der Waals surface area contributed by atoms with E-state index in [9.17, 15) is 14.0 Å². The van der Waals surface area contributed by atoms with E-state index in [-0.39, 0.29) is 12.5 Å². The fourth-order valence-electron chi connectivity index (χ4n) is 2.96. The van der Waals surface area contributed by atoms with Crippen molar-refractivity contribution in [3.63, 3.8) is 0 Å². The van der Waals surface area contributed by atoms with Gasteiger partial charge in [0.15, 0.2) is 6.17 Å². The number of nitrogens with zero attached hydrogens (tertiary/aromatic N) is 2. The number of halogens is 1. The summed E-state index contributed by atoms with van der Waals surface area (Å²) in [6, 6.07) is -0.328. The van der Waals surface area contributed by atoms with Gasteiger partial charge in [0, 0.05) is 6.54 Å². The van der Waals surface area contributed by atoms with E-state index in [1.54, 1.807) is 0 Å². The topological polar surface area (TPSA) is 95.7 Å². The molecule has 0 saturated carbocycles. The Hall–Kier alpha value is -1.96. The Balaban J connectivity index is 2.16. The molecule has 8 heteroatoms. The number of nitrogens with one attached hydrogen (secondary N) is 1. The number of hydrogen-bond donors (Lipinski definition) is 2. The van der Waals surface area contributed by atoms with Crippen LogP contribution in [-0.4, -0.2) is 39.6 Å². The number of unbranched alkanes of at least 4 members (excludes halogenated alkanes) is 1. The zero-order valence-corrected chi connectivity index (χ0v) is 13.1. The molecule has 0 radical (unpaired) electrons. The highest BCUT2D eigenvalue weighted by Crippen LogP contribution is 2.33. The van der Waals surface area contributed by atoms with Gasteiger partial charge in [0.05, 0.1) is 12.1 Å². The first-order chi connectivity index (χ1) is 11.1. The second-order valence-corrected chi connectivity index (χ2v) is 5.69. The predicted molar refractivity (Wildman–Crippen MR) is 78.0 cm³/mol. The summed E-state index contributed by atoms with van der Waals surface area (Å²) in [5.74, 6) is -2.31. The maximum absolute atomic E-state index is 14.3. The maximum atomic E-state index is 14.3. The normalized spacial score (nSPS) is 20.3. The molecule has 23 heavy (non-hydrogen) atoms. The summed E-state index contributed by atoms with van der Waals surface area (Å²) in [6.07, 6.45) is 3.96. The van der Waals surface area contributed by atoms with Gasteiger partial charge in [-0.25, -0.2) is 14.9 Å². The molecule has 2 N–H and O–H groups in total. The van der Waals surface area contributed by atoms with Crippen LogP contribution in [0.5, 0.6) is 0 Å². The van der Waals surface area contributed by atoms with E-state index in [2.05, 4.69) is 4.98 Å². The average Bonchev–Trinajstić information content (AvgIpc) is 3.24. The van der Waals surface area contributed by atoms with Crippen LogP contribution in [0.3, 0.4) is 0 Å². The summed E-state index contributed by atoms with van der Waals surface area (Å²) in [7, 11) is 0. The van der Waals surface area contributed by atoms with Crippen molar-refractivity contribution in [2.45, 2.75) is 51.2 Å². The number of aromatic nitrogens is 1. The highest BCUT2D eigenvalue weighted by Gasteiger charge is 2.41. The van der Waals surface area contributed by atoms with Gasteiger partial charge in [-0.1, -0.05) is 19.8 Å². The summed E-state index contributed by atoms with van der Waals surface area (Å²) in [5.41, 5.74) is 1.29. The van der Waals surface area contributed by atoms with Crippen LogP contribution < -0.4 is 5.48 Å². The minimum Gasteiger partial charge on any atom is -0.447 e. The van der Waals surface area contributed by atoms with Crippen LogP contribution in [0.2, 0.25) is 0 Å². The third-order valence-corrected chi connectivity index (χ3v) is 4.17. The Kier molecular flexibility index (Phi) is 6.09. The van der Waals surface area contributed by atoms with Crippen molar-refractivity contribution in [3.8, 4) is 0 Å². The molecule has 1 fully saturated rings. The lowest BCUT2D eigenvalue weighted by Crippen LogP contribution is -2.44. The van der Waals surface area contributed by atoms with Gasteiger partial charge in [-0.2, -0.15) is 0 Å². The smallest absolute Gasteiger partial charge is 0.278 e. The van der Waals surface area contributed by atoms with Crippen molar-refractivity contribution < 1.29 is 23.6 Å². The van der Waals surface area contributed by atoms with E-state index in [0.29, 0.717) is 25.3 Å². The van der Waals surface area contributed by atoms with Crippen LogP contribution in [0.1, 0.15) is 51.0 Å². The van der Waals surface area contributed by atoms with Crippen LogP contribution in [-0.2, 0) is 9.59 Å². The number of carbonyl (C=O) groups is 2. The highest BCUT2D eigenvalue weighted by molar-refractivity contribution is 5.89. The fourth-order valence-corrected chi connectivity index (χ4v) is 2.96. The number of hydrogen-bond acceptors (Lipinski definition) is 5. The van der Waals surface area contributed by atoms with Gasteiger partial charge < -0.3 is 9.32 Å². The van der Waals surface area contributed by atoms with Gasteiger partial charge in [0.1, 0.15) is 12.3 Å². The number of carbonyl (C=O) groups excluding carboxylic acids is 2. The third-order valence-electron chi connectivity index (χ3n) is 4.17. The van der Waals surface area contributed by atoms with Crippen molar-refractivity contribution >= 4 is 11.8 Å². The number of rotatable bonds is 7. The van der Waals surface area contributed by atoms with Gasteiger partial charge in [0.2, 0.25) is 11.8 Å². The van der Waals surface area contributed by atoms with Crippen LogP contribution in [0.25, 0.3) is 0 Å². The second kappa shape index (κ2) is 8.05. The molecule has 0 bridgehead atoms. The molecule has 2 rings (SSSR count). The maximum Gasteiger partial charge on any atom is 0.278 e. The van der Waals surface area contributed by atoms with Gasteiger partial charge in [-0.15, -0.1) is 0 Å². The number of amides is 2. The second-order valence-electron chi connectivity index (χ2n) is 5.69. The first kappa shape index (κ1) is 17.4. The minimum absolute atomic E-state index is 0.249. The lowest BCUT2D eigenvalue weighted by molar-refractivity contribution is -0.147. The van der Waals surface area contributed by atoms with Crippen LogP contribution in [0.15, 0.2) is 16.9 Å². The number of alkyl halides is 1. The van der Waals surface area contributed by atoms with Gasteiger partial charge in [-0.05, 0) is 19.3 Å². The molecule has 0 spiro atoms. The zero-order valence-electron chi connectivity index (χ0n) is 13.1. The molecular formula is C15H22FN3O4. The Morgan fingerprint density at radius 3 is 3.00 bits per heavy atom. The Labute approximate surface area is 133 Å².